The quantitative estimate of drug-likeness (QED) is 0.194. The molecular formula is C45H28N2O. The molecule has 0 aliphatic heterocycles. The molecule has 48 heavy (non-hydrogen) atoms. The van der Waals surface area contributed by atoms with Gasteiger partial charge in [-0.1, -0.05) is 115 Å². The van der Waals surface area contributed by atoms with Crippen molar-refractivity contribution >= 4 is 49.8 Å². The predicted octanol–water partition coefficient (Wildman–Crippen LogP) is 12.6. The molecule has 0 N–H and O–H groups in total. The summed E-state index contributed by atoms with van der Waals surface area (Å²) in [6.07, 6.45) is 3.75. The van der Waals surface area contributed by atoms with Crippen LogP contribution < -0.4 is 4.90 Å². The Morgan fingerprint density at radius 3 is 1.77 bits per heavy atom. The molecule has 9 aromatic rings. The number of aromatic nitrogens is 1. The maximum atomic E-state index is 6.43. The van der Waals surface area contributed by atoms with E-state index in [2.05, 4.69) is 149 Å². The largest absolute Gasteiger partial charge is 0.455 e. The van der Waals surface area contributed by atoms with Crippen LogP contribution in [0.15, 0.2) is 175 Å². The molecule has 0 amide bonds. The van der Waals surface area contributed by atoms with Gasteiger partial charge < -0.3 is 9.32 Å². The highest BCUT2D eigenvalue weighted by Gasteiger charge is 2.23. The van der Waals surface area contributed by atoms with Gasteiger partial charge in [-0.3, -0.25) is 4.98 Å². The number of hydrogen-bond donors (Lipinski definition) is 0. The number of fused-ring (bicyclic) bond motifs is 6. The highest BCUT2D eigenvalue weighted by Crippen LogP contribution is 2.49. The maximum Gasteiger partial charge on any atom is 0.143 e. The van der Waals surface area contributed by atoms with Crippen LogP contribution in [0.4, 0.5) is 17.1 Å². The molecule has 0 atom stereocenters. The van der Waals surface area contributed by atoms with E-state index in [1.54, 1.807) is 0 Å². The van der Waals surface area contributed by atoms with Gasteiger partial charge in [0.25, 0.3) is 0 Å². The number of benzene rings is 7. The van der Waals surface area contributed by atoms with Gasteiger partial charge in [-0.15, -0.1) is 0 Å². The van der Waals surface area contributed by atoms with Gasteiger partial charge in [0.15, 0.2) is 0 Å². The lowest BCUT2D eigenvalue weighted by Crippen LogP contribution is -2.10. The zero-order valence-corrected chi connectivity index (χ0v) is 26.0. The Morgan fingerprint density at radius 1 is 0.417 bits per heavy atom. The van der Waals surface area contributed by atoms with Crippen molar-refractivity contribution in [1.29, 1.82) is 0 Å². The van der Waals surface area contributed by atoms with E-state index in [9.17, 15) is 0 Å². The normalized spacial score (nSPS) is 11.8. The minimum atomic E-state index is 0.900. The van der Waals surface area contributed by atoms with E-state index in [0.717, 1.165) is 50.1 Å². The third-order valence-corrected chi connectivity index (χ3v) is 9.69. The fourth-order valence-corrected chi connectivity index (χ4v) is 7.59. The molecule has 0 fully saturated rings. The highest BCUT2D eigenvalue weighted by atomic mass is 16.3. The molecule has 3 heteroatoms. The van der Waals surface area contributed by atoms with Crippen LogP contribution in [-0.2, 0) is 0 Å². The standard InChI is InChI=1S/C45H28N2O/c1-2-16-37-36(15-1)40-20-8-19-39-34(23-24-41(37)44(39)40)29-10-5-12-31(26-29)47(33-14-9-25-46-28-33)32-13-6-11-30(27-32)35-18-7-21-42-38-17-3-4-22-43(38)48-45(35)42/h1-28H. The molecule has 0 saturated heterocycles. The third kappa shape index (κ3) is 4.04. The van der Waals surface area contributed by atoms with Gasteiger partial charge in [0.2, 0.25) is 0 Å². The van der Waals surface area contributed by atoms with Crippen molar-refractivity contribution in [3.63, 3.8) is 0 Å². The van der Waals surface area contributed by atoms with Gasteiger partial charge in [0.05, 0.1) is 11.9 Å². The minimum absolute atomic E-state index is 0.900. The maximum absolute atomic E-state index is 6.43. The van der Waals surface area contributed by atoms with E-state index in [1.807, 2.05) is 30.6 Å². The summed E-state index contributed by atoms with van der Waals surface area (Å²) >= 11 is 0. The number of pyridine rings is 1. The summed E-state index contributed by atoms with van der Waals surface area (Å²) in [5.41, 5.74) is 14.7. The van der Waals surface area contributed by atoms with Crippen molar-refractivity contribution in [1.82, 2.24) is 4.98 Å². The van der Waals surface area contributed by atoms with Crippen LogP contribution >= 0.6 is 0 Å². The summed E-state index contributed by atoms with van der Waals surface area (Å²) in [7, 11) is 0. The first-order valence-electron chi connectivity index (χ1n) is 16.3. The van der Waals surface area contributed by atoms with Crippen LogP contribution in [0.3, 0.4) is 0 Å². The number of anilines is 3. The number of rotatable bonds is 5. The zero-order chi connectivity index (χ0) is 31.6. The summed E-state index contributed by atoms with van der Waals surface area (Å²) in [4.78, 5) is 6.80. The van der Waals surface area contributed by atoms with Crippen molar-refractivity contribution in [3.8, 4) is 44.5 Å². The van der Waals surface area contributed by atoms with E-state index < -0.39 is 0 Å². The summed E-state index contributed by atoms with van der Waals surface area (Å²) < 4.78 is 6.43. The van der Waals surface area contributed by atoms with Gasteiger partial charge in [-0.2, -0.15) is 0 Å². The fraction of sp³-hybridized carbons (Fsp3) is 0. The Balaban J connectivity index is 1.12. The first kappa shape index (κ1) is 26.7. The molecule has 0 unspecified atom stereocenters. The van der Waals surface area contributed by atoms with Crippen LogP contribution in [0.2, 0.25) is 0 Å². The Hall–Kier alpha value is -6.45. The molecule has 0 bridgehead atoms. The van der Waals surface area contributed by atoms with Crippen molar-refractivity contribution in [2.45, 2.75) is 0 Å². The SMILES string of the molecule is c1cncc(N(c2cccc(-c3ccc4c5c(cccc35)-c3ccccc3-4)c2)c2cccc(-c3cccc4c3oc3ccccc34)c2)c1. The van der Waals surface area contributed by atoms with Gasteiger partial charge >= 0.3 is 0 Å². The van der Waals surface area contributed by atoms with Gasteiger partial charge in [0.1, 0.15) is 11.2 Å². The Kier molecular flexibility index (Phi) is 5.87. The molecule has 3 nitrogen and oxygen atoms in total. The smallest absolute Gasteiger partial charge is 0.143 e. The van der Waals surface area contributed by atoms with E-state index in [1.165, 1.54) is 44.2 Å². The van der Waals surface area contributed by atoms with E-state index in [4.69, 9.17) is 4.42 Å². The second kappa shape index (κ2) is 10.5. The van der Waals surface area contributed by atoms with Crippen molar-refractivity contribution < 1.29 is 4.42 Å². The molecule has 0 radical (unpaired) electrons. The monoisotopic (exact) mass is 612 g/mol. The molecule has 0 spiro atoms. The average molecular weight is 613 g/mol. The fourth-order valence-electron chi connectivity index (χ4n) is 7.59. The summed E-state index contributed by atoms with van der Waals surface area (Å²) in [6, 6.07) is 56.3. The van der Waals surface area contributed by atoms with Crippen molar-refractivity contribution in [3.05, 3.63) is 170 Å². The summed E-state index contributed by atoms with van der Waals surface area (Å²) in [5.74, 6) is 0. The second-order valence-electron chi connectivity index (χ2n) is 12.4. The van der Waals surface area contributed by atoms with Crippen LogP contribution in [0.5, 0.6) is 0 Å². The molecule has 2 aromatic heterocycles. The van der Waals surface area contributed by atoms with E-state index in [0.29, 0.717) is 0 Å². The topological polar surface area (TPSA) is 29.3 Å². The Bertz CT molecular complexity index is 2660. The van der Waals surface area contributed by atoms with Crippen LogP contribution in [0, 0.1) is 0 Å². The lowest BCUT2D eigenvalue weighted by atomic mass is 9.94. The number of hydrogen-bond acceptors (Lipinski definition) is 3. The van der Waals surface area contributed by atoms with Gasteiger partial charge in [0, 0.05) is 33.9 Å². The number of para-hydroxylation sites is 2. The van der Waals surface area contributed by atoms with Gasteiger partial charge in [-0.25, -0.2) is 0 Å². The third-order valence-electron chi connectivity index (χ3n) is 9.69. The van der Waals surface area contributed by atoms with Crippen LogP contribution in [0.1, 0.15) is 0 Å². The van der Waals surface area contributed by atoms with Crippen molar-refractivity contribution in [2.24, 2.45) is 0 Å². The van der Waals surface area contributed by atoms with E-state index in [-0.39, 0.29) is 0 Å². The molecule has 1 aliphatic carbocycles. The molecule has 224 valence electrons. The molecule has 2 heterocycles. The molecule has 0 saturated carbocycles. The highest BCUT2D eigenvalue weighted by molar-refractivity contribution is 6.18. The molecule has 1 aliphatic rings. The van der Waals surface area contributed by atoms with Gasteiger partial charge in [-0.05, 0) is 92.2 Å². The molecule has 7 aromatic carbocycles. The first-order valence-corrected chi connectivity index (χ1v) is 16.3. The van der Waals surface area contributed by atoms with Crippen molar-refractivity contribution in [2.75, 3.05) is 4.90 Å². The van der Waals surface area contributed by atoms with Crippen LogP contribution in [-0.4, -0.2) is 4.98 Å². The molecular weight excluding hydrogens is 585 g/mol. The lowest BCUT2D eigenvalue weighted by molar-refractivity contribution is 0.670. The second-order valence-corrected chi connectivity index (χ2v) is 12.4. The Labute approximate surface area is 278 Å². The summed E-state index contributed by atoms with van der Waals surface area (Å²) in [5, 5.41) is 4.86. The first-order chi connectivity index (χ1) is 23.8. The summed E-state index contributed by atoms with van der Waals surface area (Å²) in [6.45, 7) is 0. The number of nitrogens with zero attached hydrogens (tertiary/aromatic N) is 2. The predicted molar refractivity (Wildman–Crippen MR) is 199 cm³/mol. The molecule has 10 rings (SSSR count). The van der Waals surface area contributed by atoms with E-state index >= 15 is 0 Å². The minimum Gasteiger partial charge on any atom is -0.455 e. The Morgan fingerprint density at radius 2 is 1.00 bits per heavy atom. The number of furan rings is 1. The van der Waals surface area contributed by atoms with Crippen LogP contribution in [0.25, 0.3) is 77.2 Å². The lowest BCUT2D eigenvalue weighted by Gasteiger charge is -2.26. The zero-order valence-electron chi connectivity index (χ0n) is 26.0. The average Bonchev–Trinajstić information content (AvgIpc) is 3.70.